The first-order chi connectivity index (χ1) is 4.81. The third kappa shape index (κ3) is 7.22. The van der Waals surface area contributed by atoms with Crippen LogP contribution in [0.3, 0.4) is 0 Å². The molecule has 0 saturated heterocycles. The van der Waals surface area contributed by atoms with Crippen molar-refractivity contribution >= 4 is 5.97 Å². The molecule has 0 bridgehead atoms. The molecule has 66 valence electrons. The maximum atomic E-state index is 11.4. The second-order valence-electron chi connectivity index (χ2n) is 3.49. The van der Waals surface area contributed by atoms with E-state index in [9.17, 15) is 13.6 Å². The van der Waals surface area contributed by atoms with Crippen LogP contribution >= 0.6 is 0 Å². The molecule has 0 aliphatic rings. The lowest BCUT2D eigenvalue weighted by molar-refractivity contribution is -0.178. The zero-order valence-electron chi connectivity index (χ0n) is 6.86. The predicted molar refractivity (Wildman–Crippen MR) is 36.2 cm³/mol. The highest BCUT2D eigenvalue weighted by molar-refractivity contribution is 5.70. The summed E-state index contributed by atoms with van der Waals surface area (Å²) >= 11 is 0. The Hall–Kier alpha value is -0.670. The molecule has 4 heteroatoms. The standard InChI is InChI=1S/C7H12F2O2/c1-7(2,3)4-5(10)11-6(8)9/h6H,4H2,1-3H3. The molecule has 11 heavy (non-hydrogen) atoms. The third-order valence-electron chi connectivity index (χ3n) is 0.895. The first kappa shape index (κ1) is 10.3. The van der Waals surface area contributed by atoms with Crippen LogP contribution in [0.1, 0.15) is 27.2 Å². The zero-order valence-corrected chi connectivity index (χ0v) is 6.86. The molecule has 0 saturated carbocycles. The average molecular weight is 166 g/mol. The lowest BCUT2D eigenvalue weighted by atomic mass is 9.93. The second-order valence-corrected chi connectivity index (χ2v) is 3.49. The zero-order chi connectivity index (χ0) is 9.07. The Morgan fingerprint density at radius 2 is 1.91 bits per heavy atom. The molecule has 0 aromatic heterocycles. The SMILES string of the molecule is CC(C)(C)CC(=O)OC(F)F. The molecule has 0 unspecified atom stereocenters. The summed E-state index contributed by atoms with van der Waals surface area (Å²) in [6.45, 7) is 2.34. The van der Waals surface area contributed by atoms with Crippen LogP contribution in [0.4, 0.5) is 8.78 Å². The Morgan fingerprint density at radius 3 is 2.18 bits per heavy atom. The minimum Gasteiger partial charge on any atom is -0.403 e. The molecule has 0 spiro atoms. The molecule has 0 aromatic carbocycles. The van der Waals surface area contributed by atoms with Crippen LogP contribution < -0.4 is 0 Å². The van der Waals surface area contributed by atoms with Crippen LogP contribution in [-0.4, -0.2) is 12.6 Å². The molecule has 0 aliphatic heterocycles. The summed E-state index contributed by atoms with van der Waals surface area (Å²) in [6, 6.07) is 0. The molecular weight excluding hydrogens is 154 g/mol. The van der Waals surface area contributed by atoms with Gasteiger partial charge in [-0.05, 0) is 5.41 Å². The monoisotopic (exact) mass is 166 g/mol. The van der Waals surface area contributed by atoms with Crippen molar-refractivity contribution in [2.45, 2.75) is 33.8 Å². The van der Waals surface area contributed by atoms with Crippen molar-refractivity contribution in [3.63, 3.8) is 0 Å². The number of carbonyl (C=O) groups is 1. The van der Waals surface area contributed by atoms with Crippen LogP contribution in [-0.2, 0) is 9.53 Å². The average Bonchev–Trinajstić information content (AvgIpc) is 1.53. The summed E-state index contributed by atoms with van der Waals surface area (Å²) in [7, 11) is 0. The highest BCUT2D eigenvalue weighted by atomic mass is 19.3. The first-order valence-electron chi connectivity index (χ1n) is 3.29. The van der Waals surface area contributed by atoms with Crippen LogP contribution in [0.5, 0.6) is 0 Å². The van der Waals surface area contributed by atoms with E-state index in [-0.39, 0.29) is 11.8 Å². The molecule has 0 aromatic rings. The Kier molecular flexibility index (Phi) is 3.42. The maximum Gasteiger partial charge on any atom is 0.389 e. The summed E-state index contributed by atoms with van der Waals surface area (Å²) < 4.78 is 26.5. The summed E-state index contributed by atoms with van der Waals surface area (Å²) in [5, 5.41) is 0. The Morgan fingerprint density at radius 1 is 1.45 bits per heavy atom. The summed E-state index contributed by atoms with van der Waals surface area (Å²) in [6.07, 6.45) is 0.0112. The molecular formula is C7H12F2O2. The largest absolute Gasteiger partial charge is 0.403 e. The summed E-state index contributed by atoms with van der Waals surface area (Å²) in [5.41, 5.74) is -0.300. The van der Waals surface area contributed by atoms with Gasteiger partial charge in [0.15, 0.2) is 0 Å². The number of halogens is 2. The van der Waals surface area contributed by atoms with Crippen molar-refractivity contribution in [2.24, 2.45) is 5.41 Å². The Labute approximate surface area is 64.5 Å². The van der Waals surface area contributed by atoms with E-state index in [1.54, 1.807) is 20.8 Å². The van der Waals surface area contributed by atoms with E-state index in [0.29, 0.717) is 0 Å². The van der Waals surface area contributed by atoms with E-state index >= 15 is 0 Å². The molecule has 0 amide bonds. The van der Waals surface area contributed by atoms with Gasteiger partial charge in [-0.15, -0.1) is 0 Å². The van der Waals surface area contributed by atoms with Gasteiger partial charge in [-0.2, -0.15) is 8.78 Å². The van der Waals surface area contributed by atoms with E-state index in [1.165, 1.54) is 0 Å². The van der Waals surface area contributed by atoms with Crippen LogP contribution in [0.15, 0.2) is 0 Å². The van der Waals surface area contributed by atoms with E-state index < -0.39 is 12.6 Å². The minimum absolute atomic E-state index is 0.0112. The quantitative estimate of drug-likeness (QED) is 0.588. The Bertz CT molecular complexity index is 138. The number of alkyl halides is 2. The number of esters is 1. The van der Waals surface area contributed by atoms with E-state index in [4.69, 9.17) is 0 Å². The lowest BCUT2D eigenvalue weighted by Crippen LogP contribution is -2.17. The van der Waals surface area contributed by atoms with Gasteiger partial charge in [-0.1, -0.05) is 20.8 Å². The molecule has 0 radical (unpaired) electrons. The van der Waals surface area contributed by atoms with Gasteiger partial charge in [0.1, 0.15) is 0 Å². The van der Waals surface area contributed by atoms with Crippen molar-refractivity contribution < 1.29 is 18.3 Å². The highest BCUT2D eigenvalue weighted by Gasteiger charge is 2.19. The van der Waals surface area contributed by atoms with Crippen LogP contribution in [0.25, 0.3) is 0 Å². The topological polar surface area (TPSA) is 26.3 Å². The van der Waals surface area contributed by atoms with Crippen molar-refractivity contribution in [1.82, 2.24) is 0 Å². The van der Waals surface area contributed by atoms with E-state index in [0.717, 1.165) is 0 Å². The number of hydrogen-bond donors (Lipinski definition) is 0. The van der Waals surface area contributed by atoms with Gasteiger partial charge in [0.25, 0.3) is 0 Å². The van der Waals surface area contributed by atoms with Gasteiger partial charge in [0.2, 0.25) is 0 Å². The first-order valence-corrected chi connectivity index (χ1v) is 3.29. The fourth-order valence-corrected chi connectivity index (χ4v) is 0.574. The van der Waals surface area contributed by atoms with E-state index in [2.05, 4.69) is 4.74 Å². The smallest absolute Gasteiger partial charge is 0.389 e. The molecule has 0 heterocycles. The minimum atomic E-state index is -3.00. The molecule has 0 N–H and O–H groups in total. The molecule has 0 rings (SSSR count). The Balaban J connectivity index is 3.71. The number of carbonyl (C=O) groups excluding carboxylic acids is 1. The fraction of sp³-hybridized carbons (Fsp3) is 0.857. The second kappa shape index (κ2) is 3.64. The van der Waals surface area contributed by atoms with Gasteiger partial charge in [0, 0.05) is 0 Å². The predicted octanol–water partition coefficient (Wildman–Crippen LogP) is 2.19. The summed E-state index contributed by atoms with van der Waals surface area (Å²) in [4.78, 5) is 10.6. The maximum absolute atomic E-state index is 11.4. The highest BCUT2D eigenvalue weighted by Crippen LogP contribution is 2.19. The third-order valence-corrected chi connectivity index (χ3v) is 0.895. The van der Waals surface area contributed by atoms with Crippen molar-refractivity contribution in [1.29, 1.82) is 0 Å². The normalized spacial score (nSPS) is 11.8. The van der Waals surface area contributed by atoms with Gasteiger partial charge in [-0.3, -0.25) is 4.79 Å². The van der Waals surface area contributed by atoms with Crippen molar-refractivity contribution in [2.75, 3.05) is 0 Å². The van der Waals surface area contributed by atoms with Crippen LogP contribution in [0.2, 0.25) is 0 Å². The van der Waals surface area contributed by atoms with Gasteiger partial charge in [0.05, 0.1) is 6.42 Å². The van der Waals surface area contributed by atoms with E-state index in [1.807, 2.05) is 0 Å². The van der Waals surface area contributed by atoms with Gasteiger partial charge >= 0.3 is 12.6 Å². The molecule has 0 fully saturated rings. The van der Waals surface area contributed by atoms with Gasteiger partial charge in [-0.25, -0.2) is 0 Å². The lowest BCUT2D eigenvalue weighted by Gasteiger charge is -2.15. The number of ether oxygens (including phenoxy) is 1. The molecule has 0 aliphatic carbocycles. The van der Waals surface area contributed by atoms with Gasteiger partial charge < -0.3 is 4.74 Å². The molecule has 2 nitrogen and oxygen atoms in total. The van der Waals surface area contributed by atoms with Crippen LogP contribution in [0, 0.1) is 5.41 Å². The molecule has 0 atom stereocenters. The summed E-state index contributed by atoms with van der Waals surface area (Å²) in [5.74, 6) is -0.854. The number of hydrogen-bond acceptors (Lipinski definition) is 2. The fourth-order valence-electron chi connectivity index (χ4n) is 0.574. The van der Waals surface area contributed by atoms with Crippen molar-refractivity contribution in [3.05, 3.63) is 0 Å². The van der Waals surface area contributed by atoms with Crippen molar-refractivity contribution in [3.8, 4) is 0 Å². The number of rotatable bonds is 2.